The van der Waals surface area contributed by atoms with Crippen molar-refractivity contribution < 1.29 is 23.1 Å². The van der Waals surface area contributed by atoms with Crippen molar-refractivity contribution in [3.05, 3.63) is 23.8 Å². The number of nitrogens with zero attached hydrogens (tertiary/aromatic N) is 2. The highest BCUT2D eigenvalue weighted by Gasteiger charge is 2.36. The van der Waals surface area contributed by atoms with Gasteiger partial charge in [-0.3, -0.25) is 9.79 Å². The standard InChI is InChI=1S/C23H36N6O5S/c1-14-8-10-29(18(12-14)22(31)32)21(30)17(24)6-4-9-26-23(25)28-35(33,34)19-7-3-5-16-11-15(2)13-27-20(16)19/h3,5,7,14-15,17-18,27H,4,6,8-13,24H2,1-2H3,(H,31,32)(H3,25,26,28)/t14?,15?,17-,18?/m0/s1. The summed E-state index contributed by atoms with van der Waals surface area (Å²) >= 11 is 0. The van der Waals surface area contributed by atoms with Crippen LogP contribution < -0.4 is 21.5 Å². The highest BCUT2D eigenvalue weighted by atomic mass is 32.2. The Bertz CT molecular complexity index is 1080. The van der Waals surface area contributed by atoms with E-state index in [9.17, 15) is 23.1 Å². The zero-order chi connectivity index (χ0) is 25.8. The first kappa shape index (κ1) is 26.7. The summed E-state index contributed by atoms with van der Waals surface area (Å²) < 4.78 is 28.1. The number of para-hydroxylation sites is 1. The lowest BCUT2D eigenvalue weighted by molar-refractivity contribution is -0.153. The number of anilines is 1. The van der Waals surface area contributed by atoms with E-state index in [0.717, 1.165) is 18.4 Å². The zero-order valence-corrected chi connectivity index (χ0v) is 21.1. The number of fused-ring (bicyclic) bond motifs is 1. The Morgan fingerprint density at radius 1 is 1.31 bits per heavy atom. The lowest BCUT2D eigenvalue weighted by Crippen LogP contribution is -2.54. The van der Waals surface area contributed by atoms with E-state index in [1.807, 2.05) is 13.0 Å². The molecule has 1 aromatic carbocycles. The van der Waals surface area contributed by atoms with Gasteiger partial charge in [0.1, 0.15) is 10.9 Å². The van der Waals surface area contributed by atoms with Crippen molar-refractivity contribution in [2.24, 2.45) is 28.3 Å². The van der Waals surface area contributed by atoms with Gasteiger partial charge in [0.2, 0.25) is 11.9 Å². The number of amides is 1. The van der Waals surface area contributed by atoms with Gasteiger partial charge >= 0.3 is 5.97 Å². The fourth-order valence-electron chi connectivity index (χ4n) is 4.61. The normalized spacial score (nSPS) is 23.7. The van der Waals surface area contributed by atoms with Crippen LogP contribution in [0.1, 0.15) is 45.1 Å². The molecule has 7 N–H and O–H groups in total. The van der Waals surface area contributed by atoms with Crippen LogP contribution in [0, 0.1) is 11.8 Å². The molecule has 2 heterocycles. The van der Waals surface area contributed by atoms with Crippen molar-refractivity contribution in [3.8, 4) is 0 Å². The number of carbonyl (C=O) groups excluding carboxylic acids is 1. The molecule has 0 radical (unpaired) electrons. The predicted octanol–water partition coefficient (Wildman–Crippen LogP) is 0.703. The number of rotatable bonds is 8. The molecule has 1 fully saturated rings. The molecule has 194 valence electrons. The molecule has 0 aliphatic carbocycles. The summed E-state index contributed by atoms with van der Waals surface area (Å²) in [6, 6.07) is 3.41. The monoisotopic (exact) mass is 508 g/mol. The maximum atomic E-state index is 12.9. The summed E-state index contributed by atoms with van der Waals surface area (Å²) in [5.74, 6) is -1.02. The number of hydrogen-bond donors (Lipinski definition) is 5. The third-order valence-electron chi connectivity index (χ3n) is 6.54. The lowest BCUT2D eigenvalue weighted by atomic mass is 9.91. The summed E-state index contributed by atoms with van der Waals surface area (Å²) in [6.45, 7) is 5.28. The molecule has 3 rings (SSSR count). The van der Waals surface area contributed by atoms with Crippen molar-refractivity contribution in [1.29, 1.82) is 0 Å². The van der Waals surface area contributed by atoms with E-state index in [0.29, 0.717) is 37.5 Å². The molecule has 3 unspecified atom stereocenters. The van der Waals surface area contributed by atoms with E-state index in [1.54, 1.807) is 6.07 Å². The van der Waals surface area contributed by atoms with Gasteiger partial charge in [0.05, 0.1) is 11.7 Å². The number of guanidine groups is 1. The van der Waals surface area contributed by atoms with Gasteiger partial charge in [-0.2, -0.15) is 0 Å². The Balaban J connectivity index is 1.53. The minimum absolute atomic E-state index is 0.122. The van der Waals surface area contributed by atoms with Gasteiger partial charge in [0, 0.05) is 19.6 Å². The van der Waals surface area contributed by atoms with Crippen molar-refractivity contribution >= 4 is 33.5 Å². The van der Waals surface area contributed by atoms with Gasteiger partial charge in [0.25, 0.3) is 10.0 Å². The average Bonchev–Trinajstić information content (AvgIpc) is 2.80. The van der Waals surface area contributed by atoms with Gasteiger partial charge in [-0.15, -0.1) is 0 Å². The van der Waals surface area contributed by atoms with Crippen molar-refractivity contribution in [2.45, 2.75) is 62.9 Å². The Labute approximate surface area is 206 Å². The highest BCUT2D eigenvalue weighted by molar-refractivity contribution is 7.90. The summed E-state index contributed by atoms with van der Waals surface area (Å²) in [6.07, 6.45) is 2.60. The van der Waals surface area contributed by atoms with Gasteiger partial charge in [-0.1, -0.05) is 26.0 Å². The Kier molecular flexibility index (Phi) is 8.60. The number of benzene rings is 1. The maximum Gasteiger partial charge on any atom is 0.326 e. The largest absolute Gasteiger partial charge is 0.480 e. The van der Waals surface area contributed by atoms with Crippen LogP contribution in [0.25, 0.3) is 0 Å². The number of carboxylic acid groups (broad SMARTS) is 1. The number of carboxylic acids is 1. The quantitative estimate of drug-likeness (QED) is 0.193. The number of nitrogens with two attached hydrogens (primary N) is 2. The first-order valence-corrected chi connectivity index (χ1v) is 13.4. The first-order chi connectivity index (χ1) is 16.5. The van der Waals surface area contributed by atoms with Gasteiger partial charge < -0.3 is 26.8 Å². The first-order valence-electron chi connectivity index (χ1n) is 12.0. The molecule has 1 aromatic rings. The summed E-state index contributed by atoms with van der Waals surface area (Å²) in [4.78, 5) is 29.8. The van der Waals surface area contributed by atoms with E-state index < -0.39 is 34.0 Å². The van der Waals surface area contributed by atoms with Crippen LogP contribution in [0.15, 0.2) is 28.1 Å². The van der Waals surface area contributed by atoms with E-state index in [2.05, 4.69) is 22.0 Å². The minimum atomic E-state index is -3.93. The van der Waals surface area contributed by atoms with Crippen LogP contribution in [0.4, 0.5) is 5.69 Å². The molecule has 1 saturated heterocycles. The van der Waals surface area contributed by atoms with Crippen molar-refractivity contribution in [3.63, 3.8) is 0 Å². The molecule has 1 amide bonds. The summed E-state index contributed by atoms with van der Waals surface area (Å²) in [5, 5.41) is 12.6. The van der Waals surface area contributed by atoms with Crippen LogP contribution in [-0.2, 0) is 26.0 Å². The van der Waals surface area contributed by atoms with E-state index in [1.165, 1.54) is 11.0 Å². The minimum Gasteiger partial charge on any atom is -0.480 e. The zero-order valence-electron chi connectivity index (χ0n) is 20.2. The summed E-state index contributed by atoms with van der Waals surface area (Å²) in [5.41, 5.74) is 13.4. The van der Waals surface area contributed by atoms with E-state index in [4.69, 9.17) is 11.5 Å². The van der Waals surface area contributed by atoms with Crippen LogP contribution >= 0.6 is 0 Å². The second-order valence-corrected chi connectivity index (χ2v) is 11.3. The van der Waals surface area contributed by atoms with E-state index >= 15 is 0 Å². The Morgan fingerprint density at radius 2 is 2.06 bits per heavy atom. The number of piperidine rings is 1. The SMILES string of the molecule is CC1CNc2c(cccc2S(=O)(=O)NC(N)=NCCC[C@H](N)C(=O)N2CCC(C)CC2C(=O)O)C1. The summed E-state index contributed by atoms with van der Waals surface area (Å²) in [7, 11) is -3.93. The molecule has 11 nitrogen and oxygen atoms in total. The van der Waals surface area contributed by atoms with Gasteiger partial charge in [0.15, 0.2) is 0 Å². The van der Waals surface area contributed by atoms with Gasteiger partial charge in [-0.25, -0.2) is 17.9 Å². The van der Waals surface area contributed by atoms with E-state index in [-0.39, 0.29) is 29.7 Å². The molecule has 0 spiro atoms. The number of sulfonamides is 1. The maximum absolute atomic E-state index is 12.9. The number of aliphatic imine (C=N–C) groups is 1. The number of aliphatic carboxylic acids is 1. The topological polar surface area (TPSA) is 180 Å². The average molecular weight is 509 g/mol. The molecule has 0 aromatic heterocycles. The molecular formula is C23H36N6O5S. The molecule has 0 saturated carbocycles. The molecule has 2 aliphatic heterocycles. The second kappa shape index (κ2) is 11.3. The molecule has 12 heteroatoms. The van der Waals surface area contributed by atoms with Crippen LogP contribution in [0.5, 0.6) is 0 Å². The lowest BCUT2D eigenvalue weighted by Gasteiger charge is -2.37. The highest BCUT2D eigenvalue weighted by Crippen LogP contribution is 2.31. The van der Waals surface area contributed by atoms with Crippen molar-refractivity contribution in [2.75, 3.05) is 25.0 Å². The molecule has 4 atom stereocenters. The third kappa shape index (κ3) is 6.63. The fourth-order valence-corrected chi connectivity index (χ4v) is 5.79. The second-order valence-electron chi connectivity index (χ2n) is 9.62. The molecular weight excluding hydrogens is 472 g/mol. The van der Waals surface area contributed by atoms with Crippen molar-refractivity contribution in [1.82, 2.24) is 9.62 Å². The third-order valence-corrected chi connectivity index (χ3v) is 7.94. The molecule has 35 heavy (non-hydrogen) atoms. The molecule has 2 aliphatic rings. The smallest absolute Gasteiger partial charge is 0.326 e. The number of hydrogen-bond acceptors (Lipinski definition) is 7. The van der Waals surface area contributed by atoms with Crippen LogP contribution in [0.2, 0.25) is 0 Å². The molecule has 0 bridgehead atoms. The number of carbonyl (C=O) groups is 2. The Hall–Kier alpha value is -2.86. The Morgan fingerprint density at radius 3 is 2.77 bits per heavy atom. The number of nitrogens with one attached hydrogen (secondary N) is 2. The van der Waals surface area contributed by atoms with Crippen LogP contribution in [0.3, 0.4) is 0 Å². The predicted molar refractivity (Wildman–Crippen MR) is 133 cm³/mol. The number of likely N-dealkylation sites (tertiary alicyclic amines) is 1. The van der Waals surface area contributed by atoms with Gasteiger partial charge in [-0.05, 0) is 55.6 Å². The van der Waals surface area contributed by atoms with Crippen LogP contribution in [-0.4, -0.2) is 68.0 Å². The fraction of sp³-hybridized carbons (Fsp3) is 0.609.